The summed E-state index contributed by atoms with van der Waals surface area (Å²) in [6.45, 7) is 1.21. The summed E-state index contributed by atoms with van der Waals surface area (Å²) in [5.74, 6) is 1.12. The maximum atomic E-state index is 12.6. The molecule has 2 atom stereocenters. The zero-order valence-corrected chi connectivity index (χ0v) is 12.1. The lowest BCUT2D eigenvalue weighted by Gasteiger charge is -2.36. The van der Waals surface area contributed by atoms with Gasteiger partial charge in [0.2, 0.25) is 0 Å². The first-order valence-corrected chi connectivity index (χ1v) is 7.93. The molecule has 0 radical (unpaired) electrons. The van der Waals surface area contributed by atoms with Crippen LogP contribution in [0.15, 0.2) is 18.2 Å². The van der Waals surface area contributed by atoms with Gasteiger partial charge in [-0.25, -0.2) is 0 Å². The summed E-state index contributed by atoms with van der Waals surface area (Å²) in [6, 6.07) is 6.57. The van der Waals surface area contributed by atoms with Gasteiger partial charge in [-0.1, -0.05) is 0 Å². The number of piperidine rings is 1. The molecule has 3 aliphatic rings. The topological polar surface area (TPSA) is 49.8 Å². The number of fused-ring (bicyclic) bond motifs is 3. The summed E-state index contributed by atoms with van der Waals surface area (Å²) >= 11 is 0. The first-order valence-electron chi connectivity index (χ1n) is 7.93. The lowest BCUT2D eigenvalue weighted by Crippen LogP contribution is -2.46. The zero-order valence-electron chi connectivity index (χ0n) is 12.1. The average Bonchev–Trinajstić information content (AvgIpc) is 3.02. The molecule has 0 spiro atoms. The molecular weight excluding hydrogens is 266 g/mol. The van der Waals surface area contributed by atoms with Crippen molar-refractivity contribution < 1.29 is 14.6 Å². The Kier molecular flexibility index (Phi) is 3.23. The molecule has 2 fully saturated rings. The lowest BCUT2D eigenvalue weighted by molar-refractivity contribution is 0.0344. The lowest BCUT2D eigenvalue weighted by atomic mass is 9.98. The van der Waals surface area contributed by atoms with Crippen molar-refractivity contribution in [2.75, 3.05) is 13.2 Å². The molecule has 2 unspecified atom stereocenters. The number of ether oxygens (including phenoxy) is 1. The van der Waals surface area contributed by atoms with Gasteiger partial charge in [0.05, 0.1) is 19.3 Å². The number of aliphatic hydroxyl groups is 1. The zero-order chi connectivity index (χ0) is 14.4. The third-order valence-corrected chi connectivity index (χ3v) is 5.20. The number of rotatable bonds is 3. The van der Waals surface area contributed by atoms with Gasteiger partial charge >= 0.3 is 0 Å². The first-order chi connectivity index (χ1) is 10.2. The smallest absolute Gasteiger partial charge is 0.176 e. The summed E-state index contributed by atoms with van der Waals surface area (Å²) in [5, 5.41) is 9.84. The molecular formula is C17H21NO3. The Morgan fingerprint density at radius 1 is 1.29 bits per heavy atom. The molecule has 1 aromatic carbocycles. The van der Waals surface area contributed by atoms with E-state index in [0.717, 1.165) is 55.6 Å². The van der Waals surface area contributed by atoms with E-state index in [1.807, 2.05) is 18.2 Å². The number of benzene rings is 1. The Balaban J connectivity index is 1.49. The van der Waals surface area contributed by atoms with Crippen LogP contribution in [0.25, 0.3) is 0 Å². The van der Waals surface area contributed by atoms with Crippen molar-refractivity contribution in [2.45, 2.75) is 50.3 Å². The van der Waals surface area contributed by atoms with Crippen molar-refractivity contribution >= 4 is 5.78 Å². The number of ketones is 1. The van der Waals surface area contributed by atoms with Crippen molar-refractivity contribution in [1.29, 1.82) is 0 Å². The summed E-state index contributed by atoms with van der Waals surface area (Å²) < 4.78 is 5.49. The molecule has 1 aromatic rings. The quantitative estimate of drug-likeness (QED) is 0.861. The van der Waals surface area contributed by atoms with Crippen LogP contribution >= 0.6 is 0 Å². The Hall–Kier alpha value is -1.39. The standard InChI is InChI=1S/C17H21NO3/c19-15-8-13-2-3-14(9-15)18(13)10-16(20)11-1-4-17-12(7-11)5-6-21-17/h1,4,7,13-15,19H,2-3,5-6,8-10H2. The molecule has 3 heterocycles. The van der Waals surface area contributed by atoms with E-state index in [9.17, 15) is 9.90 Å². The van der Waals surface area contributed by atoms with Gasteiger partial charge in [-0.05, 0) is 49.4 Å². The average molecular weight is 287 g/mol. The molecule has 1 N–H and O–H groups in total. The minimum absolute atomic E-state index is 0.175. The van der Waals surface area contributed by atoms with Crippen molar-refractivity contribution in [1.82, 2.24) is 4.90 Å². The minimum Gasteiger partial charge on any atom is -0.493 e. The van der Waals surface area contributed by atoms with Crippen LogP contribution in [0, 0.1) is 0 Å². The largest absolute Gasteiger partial charge is 0.493 e. The van der Waals surface area contributed by atoms with Gasteiger partial charge < -0.3 is 9.84 Å². The van der Waals surface area contributed by atoms with Crippen molar-refractivity contribution in [2.24, 2.45) is 0 Å². The minimum atomic E-state index is -0.175. The Labute approximate surface area is 124 Å². The van der Waals surface area contributed by atoms with E-state index >= 15 is 0 Å². The normalized spacial score (nSPS) is 31.0. The molecule has 2 bridgehead atoms. The predicted molar refractivity (Wildman–Crippen MR) is 78.7 cm³/mol. The van der Waals surface area contributed by atoms with Crippen molar-refractivity contribution in [3.05, 3.63) is 29.3 Å². The van der Waals surface area contributed by atoms with Gasteiger partial charge in [0.1, 0.15) is 5.75 Å². The molecule has 0 aliphatic carbocycles. The number of aliphatic hydroxyl groups excluding tert-OH is 1. The Bertz CT molecular complexity index is 557. The third kappa shape index (κ3) is 2.36. The monoisotopic (exact) mass is 287 g/mol. The van der Waals surface area contributed by atoms with Crippen molar-refractivity contribution in [3.8, 4) is 5.75 Å². The first kappa shape index (κ1) is 13.3. The fourth-order valence-electron chi connectivity index (χ4n) is 4.12. The van der Waals surface area contributed by atoms with Gasteiger partial charge in [0.15, 0.2) is 5.78 Å². The molecule has 112 valence electrons. The maximum Gasteiger partial charge on any atom is 0.176 e. The van der Waals surface area contributed by atoms with Crippen LogP contribution in [0.1, 0.15) is 41.6 Å². The van der Waals surface area contributed by atoms with Crippen LogP contribution in [0.5, 0.6) is 5.75 Å². The Morgan fingerprint density at radius 3 is 2.81 bits per heavy atom. The summed E-state index contributed by atoms with van der Waals surface area (Å²) in [7, 11) is 0. The van der Waals surface area contributed by atoms with E-state index in [1.54, 1.807) is 0 Å². The number of hydrogen-bond acceptors (Lipinski definition) is 4. The predicted octanol–water partition coefficient (Wildman–Crippen LogP) is 1.79. The molecule has 0 aromatic heterocycles. The van der Waals surface area contributed by atoms with Gasteiger partial charge in [-0.3, -0.25) is 9.69 Å². The molecule has 4 nitrogen and oxygen atoms in total. The fourth-order valence-corrected chi connectivity index (χ4v) is 4.12. The highest BCUT2D eigenvalue weighted by Crippen LogP contribution is 2.35. The molecule has 4 rings (SSSR count). The van der Waals surface area contributed by atoms with Gasteiger partial charge in [0, 0.05) is 24.1 Å². The fraction of sp³-hybridized carbons (Fsp3) is 0.588. The highest BCUT2D eigenvalue weighted by Gasteiger charge is 2.40. The summed E-state index contributed by atoms with van der Waals surface area (Å²) in [6.07, 6.45) is 4.60. The molecule has 2 saturated heterocycles. The van der Waals surface area contributed by atoms with Crippen LogP contribution in [-0.4, -0.2) is 47.1 Å². The number of Topliss-reactive ketones (excluding diaryl/α,β-unsaturated/α-hetero) is 1. The molecule has 0 saturated carbocycles. The second kappa shape index (κ2) is 5.11. The molecule has 21 heavy (non-hydrogen) atoms. The van der Waals surface area contributed by atoms with Gasteiger partial charge in [-0.2, -0.15) is 0 Å². The van der Waals surface area contributed by atoms with Crippen LogP contribution in [0.2, 0.25) is 0 Å². The number of hydrogen-bond donors (Lipinski definition) is 1. The van der Waals surface area contributed by atoms with E-state index in [4.69, 9.17) is 4.74 Å². The highest BCUT2D eigenvalue weighted by atomic mass is 16.5. The van der Waals surface area contributed by atoms with Gasteiger partial charge in [0.25, 0.3) is 0 Å². The van der Waals surface area contributed by atoms with Crippen LogP contribution in [0.3, 0.4) is 0 Å². The number of carbonyl (C=O) groups excluding carboxylic acids is 1. The summed E-state index contributed by atoms with van der Waals surface area (Å²) in [4.78, 5) is 14.9. The molecule has 0 amide bonds. The van der Waals surface area contributed by atoms with Crippen LogP contribution in [-0.2, 0) is 6.42 Å². The second-order valence-electron chi connectivity index (χ2n) is 6.53. The third-order valence-electron chi connectivity index (χ3n) is 5.20. The highest BCUT2D eigenvalue weighted by molar-refractivity contribution is 5.98. The Morgan fingerprint density at radius 2 is 2.05 bits per heavy atom. The summed E-state index contributed by atoms with van der Waals surface area (Å²) in [5.41, 5.74) is 1.95. The molecule has 4 heteroatoms. The van der Waals surface area contributed by atoms with E-state index < -0.39 is 0 Å². The van der Waals surface area contributed by atoms with Gasteiger partial charge in [-0.15, -0.1) is 0 Å². The number of carbonyl (C=O) groups is 1. The number of nitrogens with zero attached hydrogens (tertiary/aromatic N) is 1. The second-order valence-corrected chi connectivity index (χ2v) is 6.53. The molecule has 3 aliphatic heterocycles. The SMILES string of the molecule is O=C(CN1C2CCC1CC(O)C2)c1ccc2c(c1)CCO2. The maximum absolute atomic E-state index is 12.6. The van der Waals surface area contributed by atoms with Crippen LogP contribution < -0.4 is 4.74 Å². The van der Waals surface area contributed by atoms with E-state index in [1.165, 1.54) is 0 Å². The van der Waals surface area contributed by atoms with E-state index in [0.29, 0.717) is 18.6 Å². The van der Waals surface area contributed by atoms with Crippen LogP contribution in [0.4, 0.5) is 0 Å². The van der Waals surface area contributed by atoms with E-state index in [2.05, 4.69) is 4.90 Å². The van der Waals surface area contributed by atoms with Crippen molar-refractivity contribution in [3.63, 3.8) is 0 Å². The van der Waals surface area contributed by atoms with E-state index in [-0.39, 0.29) is 11.9 Å².